The van der Waals surface area contributed by atoms with Crippen molar-refractivity contribution in [3.8, 4) is 6.07 Å². The van der Waals surface area contributed by atoms with Crippen LogP contribution in [-0.2, 0) is 17.6 Å². The molecule has 0 saturated heterocycles. The van der Waals surface area contributed by atoms with E-state index in [-0.39, 0.29) is 12.0 Å². The number of hydrogen-bond acceptors (Lipinski definition) is 4. The van der Waals surface area contributed by atoms with Gasteiger partial charge in [-0.2, -0.15) is 5.26 Å². The van der Waals surface area contributed by atoms with E-state index in [0.717, 1.165) is 16.9 Å². The Bertz CT molecular complexity index is 641. The highest BCUT2D eigenvalue weighted by Crippen LogP contribution is 2.38. The molecule has 1 saturated carbocycles. The maximum Gasteiger partial charge on any atom is 0.225 e. The van der Waals surface area contributed by atoms with Gasteiger partial charge in [-0.1, -0.05) is 39.0 Å². The molecule has 0 aliphatic heterocycles. The van der Waals surface area contributed by atoms with Crippen LogP contribution in [-0.4, -0.2) is 17.1 Å². The molecule has 1 fully saturated rings. The second-order valence-corrected chi connectivity index (χ2v) is 8.45. The number of fused-ring (bicyclic) bond motifs is 1. The maximum absolute atomic E-state index is 12.4. The number of carbonyl (C=O) groups excluding carboxylic acids is 1. The molecule has 24 heavy (non-hydrogen) atoms. The van der Waals surface area contributed by atoms with E-state index >= 15 is 0 Å². The summed E-state index contributed by atoms with van der Waals surface area (Å²) in [5.74, 6) is 1.07. The van der Waals surface area contributed by atoms with E-state index < -0.39 is 0 Å². The molecule has 2 N–H and O–H groups in total. The normalized spacial score (nSPS) is 22.5. The Hall–Kier alpha value is -1.38. The lowest BCUT2D eigenvalue weighted by Gasteiger charge is -2.27. The van der Waals surface area contributed by atoms with Gasteiger partial charge in [0.2, 0.25) is 5.91 Å². The average molecular weight is 346 g/mol. The zero-order chi connectivity index (χ0) is 17.1. The van der Waals surface area contributed by atoms with Crippen LogP contribution >= 0.6 is 11.3 Å². The van der Waals surface area contributed by atoms with Crippen molar-refractivity contribution in [2.24, 2.45) is 11.8 Å². The minimum absolute atomic E-state index is 0.0173. The molecule has 1 aromatic heterocycles. The van der Waals surface area contributed by atoms with Crippen molar-refractivity contribution >= 4 is 22.2 Å². The van der Waals surface area contributed by atoms with E-state index in [1.54, 1.807) is 0 Å². The van der Waals surface area contributed by atoms with Gasteiger partial charge in [-0.25, -0.2) is 0 Å². The predicted octanol–water partition coefficient (Wildman–Crippen LogP) is 4.01. The Kier molecular flexibility index (Phi) is 5.57. The number of aliphatic hydroxyl groups excluding tert-OH is 1. The minimum Gasteiger partial charge on any atom is -0.393 e. The molecule has 2 unspecified atom stereocenters. The Labute approximate surface area is 147 Å². The zero-order valence-electron chi connectivity index (χ0n) is 14.3. The Balaban J connectivity index is 1.65. The fourth-order valence-corrected chi connectivity index (χ4v) is 5.40. The lowest BCUT2D eigenvalue weighted by atomic mass is 9.79. The first-order chi connectivity index (χ1) is 11.6. The number of rotatable bonds is 4. The summed E-state index contributed by atoms with van der Waals surface area (Å²) in [6, 6.07) is 2.25. The van der Waals surface area contributed by atoms with E-state index in [9.17, 15) is 15.2 Å². The number of anilines is 1. The molecule has 0 spiro atoms. The van der Waals surface area contributed by atoms with Crippen molar-refractivity contribution in [3.05, 3.63) is 16.0 Å². The summed E-state index contributed by atoms with van der Waals surface area (Å²) in [5, 5.41) is 22.9. The van der Waals surface area contributed by atoms with Crippen LogP contribution in [0.2, 0.25) is 0 Å². The van der Waals surface area contributed by atoms with Crippen molar-refractivity contribution in [2.75, 3.05) is 5.32 Å². The van der Waals surface area contributed by atoms with Gasteiger partial charge in [0.25, 0.3) is 0 Å². The SMILES string of the molecule is CC(CC(=O)Nc1sc2c(c1C#N)CCC(O)C2)C1CCCCC1. The van der Waals surface area contributed by atoms with Crippen LogP contribution in [0, 0.1) is 23.2 Å². The molecule has 0 bridgehead atoms. The summed E-state index contributed by atoms with van der Waals surface area (Å²) in [4.78, 5) is 13.5. The summed E-state index contributed by atoms with van der Waals surface area (Å²) in [6.07, 6.45) is 8.61. The Morgan fingerprint density at radius 3 is 2.83 bits per heavy atom. The Morgan fingerprint density at radius 1 is 1.38 bits per heavy atom. The summed E-state index contributed by atoms with van der Waals surface area (Å²) < 4.78 is 0. The highest BCUT2D eigenvalue weighted by molar-refractivity contribution is 7.16. The standard InChI is InChI=1S/C19H26N2O2S/c1-12(13-5-3-2-4-6-13)9-18(23)21-19-16(11-20)15-8-7-14(22)10-17(15)24-19/h12-14,22H,2-10H2,1H3,(H,21,23). The first kappa shape index (κ1) is 17.4. The number of nitrogens with one attached hydrogen (secondary N) is 1. The molecule has 1 aromatic rings. The molecule has 0 radical (unpaired) electrons. The molecule has 0 aromatic carbocycles. The van der Waals surface area contributed by atoms with Gasteiger partial charge in [-0.05, 0) is 30.2 Å². The van der Waals surface area contributed by atoms with Gasteiger partial charge in [0.05, 0.1) is 11.7 Å². The lowest BCUT2D eigenvalue weighted by molar-refractivity contribution is -0.117. The zero-order valence-corrected chi connectivity index (χ0v) is 15.1. The number of aliphatic hydroxyl groups is 1. The largest absolute Gasteiger partial charge is 0.393 e. The van der Waals surface area contributed by atoms with Crippen LogP contribution in [0.5, 0.6) is 0 Å². The fraction of sp³-hybridized carbons (Fsp3) is 0.684. The molecular formula is C19H26N2O2S. The van der Waals surface area contributed by atoms with Crippen molar-refractivity contribution < 1.29 is 9.90 Å². The van der Waals surface area contributed by atoms with Crippen molar-refractivity contribution in [2.45, 2.75) is 70.8 Å². The fourth-order valence-electron chi connectivity index (χ4n) is 4.11. The van der Waals surface area contributed by atoms with Gasteiger partial charge in [-0.15, -0.1) is 11.3 Å². The molecule has 3 rings (SSSR count). The molecule has 130 valence electrons. The minimum atomic E-state index is -0.322. The third-order valence-corrected chi connectivity index (χ3v) is 6.74. The van der Waals surface area contributed by atoms with E-state index in [2.05, 4.69) is 18.3 Å². The summed E-state index contributed by atoms with van der Waals surface area (Å²) in [6.45, 7) is 2.18. The molecule has 2 atom stereocenters. The highest BCUT2D eigenvalue weighted by atomic mass is 32.1. The third-order valence-electron chi connectivity index (χ3n) is 5.57. The number of thiophene rings is 1. The van der Waals surface area contributed by atoms with E-state index in [0.29, 0.717) is 41.7 Å². The monoisotopic (exact) mass is 346 g/mol. The molecule has 1 heterocycles. The van der Waals surface area contributed by atoms with Gasteiger partial charge in [0, 0.05) is 17.7 Å². The maximum atomic E-state index is 12.4. The van der Waals surface area contributed by atoms with Crippen LogP contribution in [0.1, 0.15) is 67.9 Å². The third kappa shape index (κ3) is 3.81. The molecule has 5 heteroatoms. The lowest BCUT2D eigenvalue weighted by Crippen LogP contribution is -2.22. The van der Waals surface area contributed by atoms with E-state index in [1.807, 2.05) is 0 Å². The van der Waals surface area contributed by atoms with Gasteiger partial charge in [0.1, 0.15) is 11.1 Å². The van der Waals surface area contributed by atoms with Crippen LogP contribution < -0.4 is 5.32 Å². The summed E-state index contributed by atoms with van der Waals surface area (Å²) in [7, 11) is 0. The van der Waals surface area contributed by atoms with Gasteiger partial charge >= 0.3 is 0 Å². The summed E-state index contributed by atoms with van der Waals surface area (Å²) >= 11 is 1.47. The van der Waals surface area contributed by atoms with Crippen molar-refractivity contribution in [3.63, 3.8) is 0 Å². The second kappa shape index (κ2) is 7.67. The summed E-state index contributed by atoms with van der Waals surface area (Å²) in [5.41, 5.74) is 1.64. The quantitative estimate of drug-likeness (QED) is 0.865. The van der Waals surface area contributed by atoms with Gasteiger partial charge < -0.3 is 10.4 Å². The number of hydrogen-bond donors (Lipinski definition) is 2. The molecule has 2 aliphatic rings. The van der Waals surface area contributed by atoms with Crippen LogP contribution in [0.4, 0.5) is 5.00 Å². The number of nitriles is 1. The van der Waals surface area contributed by atoms with Crippen LogP contribution in [0.3, 0.4) is 0 Å². The first-order valence-electron chi connectivity index (χ1n) is 9.11. The molecule has 2 aliphatic carbocycles. The molecular weight excluding hydrogens is 320 g/mol. The van der Waals surface area contributed by atoms with E-state index in [1.165, 1.54) is 43.4 Å². The van der Waals surface area contributed by atoms with Crippen molar-refractivity contribution in [1.82, 2.24) is 0 Å². The average Bonchev–Trinajstić information content (AvgIpc) is 2.91. The van der Waals surface area contributed by atoms with Crippen molar-refractivity contribution in [1.29, 1.82) is 5.26 Å². The number of nitrogens with zero attached hydrogens (tertiary/aromatic N) is 1. The number of amides is 1. The topological polar surface area (TPSA) is 73.1 Å². The smallest absolute Gasteiger partial charge is 0.225 e. The molecule has 1 amide bonds. The van der Waals surface area contributed by atoms with Crippen LogP contribution in [0.15, 0.2) is 0 Å². The Morgan fingerprint density at radius 2 is 2.12 bits per heavy atom. The first-order valence-corrected chi connectivity index (χ1v) is 9.92. The molecule has 4 nitrogen and oxygen atoms in total. The predicted molar refractivity (Wildman–Crippen MR) is 96.1 cm³/mol. The van der Waals surface area contributed by atoms with Crippen LogP contribution in [0.25, 0.3) is 0 Å². The van der Waals surface area contributed by atoms with Gasteiger partial charge in [-0.3, -0.25) is 4.79 Å². The number of carbonyl (C=O) groups is 1. The van der Waals surface area contributed by atoms with Gasteiger partial charge in [0.15, 0.2) is 0 Å². The second-order valence-electron chi connectivity index (χ2n) is 7.34. The van der Waals surface area contributed by atoms with E-state index in [4.69, 9.17) is 0 Å². The highest BCUT2D eigenvalue weighted by Gasteiger charge is 2.27.